The third-order valence-electron chi connectivity index (χ3n) is 3.29. The summed E-state index contributed by atoms with van der Waals surface area (Å²) in [6, 6.07) is 10.4. The van der Waals surface area contributed by atoms with Gasteiger partial charge in [0.25, 0.3) is 0 Å². The molecule has 0 amide bonds. The van der Waals surface area contributed by atoms with Crippen molar-refractivity contribution in [3.05, 3.63) is 42.4 Å². The first-order valence-corrected chi connectivity index (χ1v) is 7.95. The summed E-state index contributed by atoms with van der Waals surface area (Å²) in [4.78, 5) is 0. The molecule has 0 bridgehead atoms. The summed E-state index contributed by atoms with van der Waals surface area (Å²) < 4.78 is 7.89. The van der Waals surface area contributed by atoms with Crippen LogP contribution in [0.4, 0.5) is 0 Å². The van der Waals surface area contributed by atoms with E-state index in [1.54, 1.807) is 18.1 Å². The predicted octanol–water partition coefficient (Wildman–Crippen LogP) is 3.00. The molecule has 0 aliphatic carbocycles. The van der Waals surface area contributed by atoms with Gasteiger partial charge in [0.1, 0.15) is 17.7 Å². The highest BCUT2D eigenvalue weighted by molar-refractivity contribution is 7.99. The molecule has 6 heteroatoms. The lowest BCUT2D eigenvalue weighted by Crippen LogP contribution is -2.22. The fraction of sp³-hybridized carbons (Fsp3) is 0.333. The molecule has 0 saturated heterocycles. The fourth-order valence-electron chi connectivity index (χ4n) is 2.22. The number of aromatic nitrogens is 3. The van der Waals surface area contributed by atoms with Crippen LogP contribution >= 0.6 is 11.8 Å². The lowest BCUT2D eigenvalue weighted by molar-refractivity contribution is 0.463. The van der Waals surface area contributed by atoms with Gasteiger partial charge < -0.3 is 14.3 Å². The Balaban J connectivity index is 1.78. The number of aryl methyl sites for hydroxylation is 1. The molecule has 0 spiro atoms. The Morgan fingerprint density at radius 2 is 2.24 bits per heavy atom. The molecular formula is C15H18N4OS. The highest BCUT2D eigenvalue weighted by atomic mass is 32.2. The molecule has 3 aromatic rings. The Morgan fingerprint density at radius 3 is 2.95 bits per heavy atom. The van der Waals surface area contributed by atoms with E-state index >= 15 is 0 Å². The third kappa shape index (κ3) is 3.11. The summed E-state index contributed by atoms with van der Waals surface area (Å²) in [5.74, 6) is 1.81. The summed E-state index contributed by atoms with van der Waals surface area (Å²) in [7, 11) is 1.95. The molecule has 1 atom stereocenters. The third-order valence-corrected chi connectivity index (χ3v) is 4.42. The average Bonchev–Trinajstić information content (AvgIpc) is 3.09. The van der Waals surface area contributed by atoms with Gasteiger partial charge in [-0.25, -0.2) is 0 Å². The molecule has 110 valence electrons. The number of benzene rings is 1. The number of hydrogen-bond donors (Lipinski definition) is 1. The van der Waals surface area contributed by atoms with Crippen LogP contribution in [0.5, 0.6) is 0 Å². The van der Waals surface area contributed by atoms with Crippen LogP contribution in [0, 0.1) is 0 Å². The topological polar surface area (TPSA) is 55.9 Å². The molecule has 0 aliphatic rings. The largest absolute Gasteiger partial charge is 0.459 e. The van der Waals surface area contributed by atoms with Gasteiger partial charge in [-0.3, -0.25) is 0 Å². The quantitative estimate of drug-likeness (QED) is 0.709. The van der Waals surface area contributed by atoms with Gasteiger partial charge >= 0.3 is 0 Å². The Kier molecular flexibility index (Phi) is 4.26. The van der Waals surface area contributed by atoms with E-state index in [1.807, 2.05) is 29.8 Å². The standard InChI is InChI=1S/C15H18N4OS/c1-3-16-12(9-21-15-18-17-10-19(15)2)14-8-11-6-4-5-7-13(11)20-14/h4-8,10,12,16H,3,9H2,1-2H3. The first-order valence-electron chi connectivity index (χ1n) is 6.96. The van der Waals surface area contributed by atoms with E-state index in [0.717, 1.165) is 34.2 Å². The number of rotatable bonds is 6. The lowest BCUT2D eigenvalue weighted by Gasteiger charge is -2.14. The van der Waals surface area contributed by atoms with Crippen molar-refractivity contribution in [1.82, 2.24) is 20.1 Å². The normalized spacial score (nSPS) is 12.9. The molecule has 1 unspecified atom stereocenters. The average molecular weight is 302 g/mol. The maximum absolute atomic E-state index is 5.96. The van der Waals surface area contributed by atoms with Crippen LogP contribution in [0.2, 0.25) is 0 Å². The van der Waals surface area contributed by atoms with Crippen LogP contribution in [0.1, 0.15) is 18.7 Å². The summed E-state index contributed by atoms with van der Waals surface area (Å²) in [6.45, 7) is 2.99. The second-order valence-corrected chi connectivity index (χ2v) is 5.82. The van der Waals surface area contributed by atoms with E-state index in [9.17, 15) is 0 Å². The van der Waals surface area contributed by atoms with Gasteiger partial charge in [-0.2, -0.15) is 0 Å². The minimum absolute atomic E-state index is 0.157. The van der Waals surface area contributed by atoms with Gasteiger partial charge in [-0.05, 0) is 18.7 Å². The summed E-state index contributed by atoms with van der Waals surface area (Å²) in [5, 5.41) is 13.5. The molecule has 21 heavy (non-hydrogen) atoms. The van der Waals surface area contributed by atoms with Crippen molar-refractivity contribution >= 4 is 22.7 Å². The molecule has 3 rings (SSSR count). The van der Waals surface area contributed by atoms with Crippen LogP contribution in [0.15, 0.2) is 46.2 Å². The van der Waals surface area contributed by atoms with E-state index in [-0.39, 0.29) is 6.04 Å². The zero-order valence-electron chi connectivity index (χ0n) is 12.1. The van der Waals surface area contributed by atoms with Crippen molar-refractivity contribution < 1.29 is 4.42 Å². The zero-order valence-corrected chi connectivity index (χ0v) is 12.9. The van der Waals surface area contributed by atoms with Crippen LogP contribution in [0.25, 0.3) is 11.0 Å². The Labute approximate surface area is 127 Å². The van der Waals surface area contributed by atoms with Crippen LogP contribution in [0.3, 0.4) is 0 Å². The minimum atomic E-state index is 0.157. The van der Waals surface area contributed by atoms with Crippen molar-refractivity contribution in [1.29, 1.82) is 0 Å². The number of para-hydroxylation sites is 1. The number of hydrogen-bond acceptors (Lipinski definition) is 5. The van der Waals surface area contributed by atoms with Crippen LogP contribution in [-0.4, -0.2) is 27.1 Å². The highest BCUT2D eigenvalue weighted by Gasteiger charge is 2.17. The molecule has 2 heterocycles. The predicted molar refractivity (Wildman–Crippen MR) is 84.4 cm³/mol. The zero-order chi connectivity index (χ0) is 14.7. The number of fused-ring (bicyclic) bond motifs is 1. The Bertz CT molecular complexity index is 688. The minimum Gasteiger partial charge on any atom is -0.459 e. The smallest absolute Gasteiger partial charge is 0.190 e. The molecule has 2 aromatic heterocycles. The first-order chi connectivity index (χ1) is 10.3. The van der Waals surface area contributed by atoms with Gasteiger partial charge in [0.15, 0.2) is 5.16 Å². The van der Waals surface area contributed by atoms with Gasteiger partial charge in [0, 0.05) is 18.2 Å². The molecule has 0 aliphatic heterocycles. The molecule has 0 fully saturated rings. The number of nitrogens with one attached hydrogen (secondary N) is 1. The van der Waals surface area contributed by atoms with E-state index in [4.69, 9.17) is 4.42 Å². The monoisotopic (exact) mass is 302 g/mol. The van der Waals surface area contributed by atoms with Crippen molar-refractivity contribution in [3.8, 4) is 0 Å². The Hall–Kier alpha value is -1.79. The number of furan rings is 1. The number of thioether (sulfide) groups is 1. The van der Waals surface area contributed by atoms with Crippen molar-refractivity contribution in [2.45, 2.75) is 18.1 Å². The van der Waals surface area contributed by atoms with Crippen molar-refractivity contribution in [3.63, 3.8) is 0 Å². The summed E-state index contributed by atoms with van der Waals surface area (Å²) in [5.41, 5.74) is 0.930. The molecule has 1 N–H and O–H groups in total. The van der Waals surface area contributed by atoms with E-state index in [1.165, 1.54) is 0 Å². The van der Waals surface area contributed by atoms with E-state index in [0.29, 0.717) is 0 Å². The number of nitrogens with zero attached hydrogens (tertiary/aromatic N) is 3. The fourth-order valence-corrected chi connectivity index (χ4v) is 3.18. The van der Waals surface area contributed by atoms with Crippen molar-refractivity contribution in [2.75, 3.05) is 12.3 Å². The maximum atomic E-state index is 5.96. The maximum Gasteiger partial charge on any atom is 0.190 e. The second-order valence-electron chi connectivity index (χ2n) is 4.83. The summed E-state index contributed by atoms with van der Waals surface area (Å²) in [6.07, 6.45) is 1.71. The molecular weight excluding hydrogens is 284 g/mol. The van der Waals surface area contributed by atoms with E-state index in [2.05, 4.69) is 34.6 Å². The van der Waals surface area contributed by atoms with Gasteiger partial charge in [0.2, 0.25) is 0 Å². The van der Waals surface area contributed by atoms with Crippen LogP contribution in [-0.2, 0) is 7.05 Å². The second kappa shape index (κ2) is 6.32. The van der Waals surface area contributed by atoms with Gasteiger partial charge in [-0.1, -0.05) is 36.9 Å². The Morgan fingerprint density at radius 1 is 1.38 bits per heavy atom. The molecule has 0 saturated carbocycles. The first kappa shape index (κ1) is 14.2. The van der Waals surface area contributed by atoms with E-state index < -0.39 is 0 Å². The SMILES string of the molecule is CCNC(CSc1nncn1C)c1cc2ccccc2o1. The van der Waals surface area contributed by atoms with Crippen LogP contribution < -0.4 is 5.32 Å². The van der Waals surface area contributed by atoms with Gasteiger partial charge in [0.05, 0.1) is 6.04 Å². The molecule has 5 nitrogen and oxygen atoms in total. The highest BCUT2D eigenvalue weighted by Crippen LogP contribution is 2.27. The summed E-state index contributed by atoms with van der Waals surface area (Å²) >= 11 is 1.67. The van der Waals surface area contributed by atoms with Crippen molar-refractivity contribution in [2.24, 2.45) is 7.05 Å². The lowest BCUT2D eigenvalue weighted by atomic mass is 10.2. The molecule has 1 aromatic carbocycles. The van der Waals surface area contributed by atoms with Gasteiger partial charge in [-0.15, -0.1) is 10.2 Å². The molecule has 0 radical (unpaired) electrons.